The number of Topliss-reactive ketones (excluding diaryl/α,β-unsaturated/α-hetero) is 1. The third kappa shape index (κ3) is 4.86. The first-order valence-corrected chi connectivity index (χ1v) is 8.73. The van der Waals surface area contributed by atoms with Crippen molar-refractivity contribution in [3.05, 3.63) is 66.0 Å². The fourth-order valence-corrected chi connectivity index (χ4v) is 2.57. The monoisotopic (exact) mass is 392 g/mol. The molecule has 0 radical (unpaired) electrons. The van der Waals surface area contributed by atoms with Crippen LogP contribution in [0.3, 0.4) is 0 Å². The van der Waals surface area contributed by atoms with Crippen LogP contribution in [0.25, 0.3) is 0 Å². The molecule has 29 heavy (non-hydrogen) atoms. The van der Waals surface area contributed by atoms with E-state index in [4.69, 9.17) is 9.47 Å². The summed E-state index contributed by atoms with van der Waals surface area (Å²) in [5.41, 5.74) is 2.11. The van der Waals surface area contributed by atoms with Gasteiger partial charge >= 0.3 is 0 Å². The largest absolute Gasteiger partial charge is 0.493 e. The van der Waals surface area contributed by atoms with Gasteiger partial charge in [-0.2, -0.15) is 0 Å². The molecule has 1 aromatic heterocycles. The van der Waals surface area contributed by atoms with Crippen LogP contribution < -0.4 is 20.1 Å². The number of anilines is 3. The number of nitrogens with zero attached hydrogens (tertiary/aromatic N) is 2. The molecule has 0 saturated carbocycles. The number of carbonyl (C=O) groups is 2. The minimum Gasteiger partial charge on any atom is -0.493 e. The van der Waals surface area contributed by atoms with Gasteiger partial charge < -0.3 is 20.1 Å². The molecule has 2 N–H and O–H groups in total. The number of nitrogens with one attached hydrogen (secondary N) is 2. The Bertz CT molecular complexity index is 1040. The van der Waals surface area contributed by atoms with E-state index in [1.807, 2.05) is 0 Å². The Morgan fingerprint density at radius 1 is 0.862 bits per heavy atom. The number of amides is 1. The summed E-state index contributed by atoms with van der Waals surface area (Å²) in [6.45, 7) is 1.50. The smallest absolute Gasteiger partial charge is 0.258 e. The van der Waals surface area contributed by atoms with Gasteiger partial charge in [0.2, 0.25) is 5.95 Å². The van der Waals surface area contributed by atoms with Crippen LogP contribution in [-0.2, 0) is 0 Å². The van der Waals surface area contributed by atoms with E-state index in [9.17, 15) is 9.59 Å². The van der Waals surface area contributed by atoms with Crippen LogP contribution in [0.5, 0.6) is 11.5 Å². The van der Waals surface area contributed by atoms with Crippen LogP contribution in [0.2, 0.25) is 0 Å². The SMILES string of the molecule is COc1ccc(NC(=O)c2cnc(Nc3cccc(C(C)=O)c3)nc2)cc1OC. The second kappa shape index (κ2) is 8.83. The Balaban J connectivity index is 1.69. The first-order valence-electron chi connectivity index (χ1n) is 8.73. The zero-order valence-corrected chi connectivity index (χ0v) is 16.2. The van der Waals surface area contributed by atoms with Crippen LogP contribution in [0.4, 0.5) is 17.3 Å². The van der Waals surface area contributed by atoms with Gasteiger partial charge in [-0.1, -0.05) is 12.1 Å². The van der Waals surface area contributed by atoms with Gasteiger partial charge in [-0.3, -0.25) is 9.59 Å². The molecule has 148 valence electrons. The maximum Gasteiger partial charge on any atom is 0.258 e. The fraction of sp³-hybridized carbons (Fsp3) is 0.143. The zero-order chi connectivity index (χ0) is 20.8. The summed E-state index contributed by atoms with van der Waals surface area (Å²) in [7, 11) is 3.06. The number of benzene rings is 2. The average molecular weight is 392 g/mol. The Hall–Kier alpha value is -3.94. The third-order valence-corrected chi connectivity index (χ3v) is 4.08. The van der Waals surface area contributed by atoms with Crippen molar-refractivity contribution in [3.8, 4) is 11.5 Å². The Morgan fingerprint density at radius 3 is 2.24 bits per heavy atom. The van der Waals surface area contributed by atoms with Gasteiger partial charge in [-0.15, -0.1) is 0 Å². The van der Waals surface area contributed by atoms with E-state index in [0.29, 0.717) is 39.9 Å². The first kappa shape index (κ1) is 19.8. The van der Waals surface area contributed by atoms with Crippen molar-refractivity contribution < 1.29 is 19.1 Å². The molecule has 0 aliphatic rings. The molecule has 0 aliphatic carbocycles. The molecular formula is C21H20N4O4. The van der Waals surface area contributed by atoms with E-state index in [0.717, 1.165) is 0 Å². The van der Waals surface area contributed by atoms with Crippen LogP contribution in [0, 0.1) is 0 Å². The van der Waals surface area contributed by atoms with Gasteiger partial charge in [0, 0.05) is 35.4 Å². The quantitative estimate of drug-likeness (QED) is 0.591. The molecule has 2 aromatic carbocycles. The van der Waals surface area contributed by atoms with E-state index in [1.54, 1.807) is 49.6 Å². The predicted molar refractivity (Wildman–Crippen MR) is 109 cm³/mol. The average Bonchev–Trinajstić information content (AvgIpc) is 2.74. The lowest BCUT2D eigenvalue weighted by Crippen LogP contribution is -2.13. The van der Waals surface area contributed by atoms with E-state index in [1.165, 1.54) is 26.4 Å². The second-order valence-corrected chi connectivity index (χ2v) is 6.08. The molecule has 0 fully saturated rings. The molecule has 8 nitrogen and oxygen atoms in total. The first-order chi connectivity index (χ1) is 14.0. The predicted octanol–water partition coefficient (Wildman–Crippen LogP) is 3.69. The van der Waals surface area contributed by atoms with Gasteiger partial charge in [-0.05, 0) is 31.2 Å². The van der Waals surface area contributed by atoms with Crippen molar-refractivity contribution in [3.63, 3.8) is 0 Å². The lowest BCUT2D eigenvalue weighted by atomic mass is 10.1. The number of hydrogen-bond donors (Lipinski definition) is 2. The molecular weight excluding hydrogens is 372 g/mol. The minimum atomic E-state index is -0.359. The molecule has 0 unspecified atom stereocenters. The summed E-state index contributed by atoms with van der Waals surface area (Å²) >= 11 is 0. The maximum atomic E-state index is 12.4. The lowest BCUT2D eigenvalue weighted by Gasteiger charge is -2.11. The van der Waals surface area contributed by atoms with Gasteiger partial charge in [0.15, 0.2) is 17.3 Å². The Kier molecular flexibility index (Phi) is 6.03. The topological polar surface area (TPSA) is 102 Å². The number of methoxy groups -OCH3 is 2. The summed E-state index contributed by atoms with van der Waals surface area (Å²) < 4.78 is 10.4. The van der Waals surface area contributed by atoms with Gasteiger partial charge in [0.25, 0.3) is 5.91 Å². The van der Waals surface area contributed by atoms with Gasteiger partial charge in [-0.25, -0.2) is 9.97 Å². The number of carbonyl (C=O) groups excluding carboxylic acids is 2. The highest BCUT2D eigenvalue weighted by Crippen LogP contribution is 2.29. The number of ether oxygens (including phenoxy) is 2. The van der Waals surface area contributed by atoms with Crippen LogP contribution in [0.1, 0.15) is 27.6 Å². The minimum absolute atomic E-state index is 0.0308. The van der Waals surface area contributed by atoms with Gasteiger partial charge in [0.05, 0.1) is 19.8 Å². The van der Waals surface area contributed by atoms with E-state index in [-0.39, 0.29) is 11.7 Å². The van der Waals surface area contributed by atoms with Crippen LogP contribution >= 0.6 is 0 Å². The molecule has 3 rings (SSSR count). The van der Waals surface area contributed by atoms with Crippen molar-refractivity contribution in [2.45, 2.75) is 6.92 Å². The molecule has 8 heteroatoms. The van der Waals surface area contributed by atoms with E-state index >= 15 is 0 Å². The van der Waals surface area contributed by atoms with Crippen molar-refractivity contribution in [2.24, 2.45) is 0 Å². The second-order valence-electron chi connectivity index (χ2n) is 6.08. The molecule has 1 amide bonds. The number of aromatic nitrogens is 2. The standard InChI is InChI=1S/C21H20N4O4/c1-13(26)14-5-4-6-16(9-14)25-21-22-11-15(12-23-21)20(27)24-17-7-8-18(28-2)19(10-17)29-3/h4-12H,1-3H3,(H,24,27)(H,22,23,25). The van der Waals surface area contributed by atoms with E-state index < -0.39 is 0 Å². The van der Waals surface area contributed by atoms with Gasteiger partial charge in [0.1, 0.15) is 0 Å². The van der Waals surface area contributed by atoms with Crippen molar-refractivity contribution in [2.75, 3.05) is 24.9 Å². The molecule has 0 saturated heterocycles. The van der Waals surface area contributed by atoms with Crippen molar-refractivity contribution in [1.29, 1.82) is 0 Å². The summed E-state index contributed by atoms with van der Waals surface area (Å²) in [5.74, 6) is 0.999. The highest BCUT2D eigenvalue weighted by atomic mass is 16.5. The molecule has 3 aromatic rings. The normalized spacial score (nSPS) is 10.2. The van der Waals surface area contributed by atoms with Crippen molar-refractivity contribution >= 4 is 29.0 Å². The molecule has 0 bridgehead atoms. The molecule has 1 heterocycles. The van der Waals surface area contributed by atoms with Crippen LogP contribution in [-0.4, -0.2) is 35.9 Å². The highest BCUT2D eigenvalue weighted by molar-refractivity contribution is 6.04. The molecule has 0 atom stereocenters. The summed E-state index contributed by atoms with van der Waals surface area (Å²) in [4.78, 5) is 32.2. The Labute approximate surface area is 167 Å². The molecule has 0 aliphatic heterocycles. The number of hydrogen-bond acceptors (Lipinski definition) is 7. The van der Waals surface area contributed by atoms with Crippen LogP contribution in [0.15, 0.2) is 54.9 Å². The summed E-state index contributed by atoms with van der Waals surface area (Å²) in [6, 6.07) is 12.1. The number of rotatable bonds is 7. The Morgan fingerprint density at radius 2 is 1.59 bits per heavy atom. The fourth-order valence-electron chi connectivity index (χ4n) is 2.57. The maximum absolute atomic E-state index is 12.4. The third-order valence-electron chi connectivity index (χ3n) is 4.08. The lowest BCUT2D eigenvalue weighted by molar-refractivity contribution is 0.101. The summed E-state index contributed by atoms with van der Waals surface area (Å²) in [6.07, 6.45) is 2.83. The number of ketones is 1. The molecule has 0 spiro atoms. The van der Waals surface area contributed by atoms with Crippen molar-refractivity contribution in [1.82, 2.24) is 9.97 Å². The van der Waals surface area contributed by atoms with E-state index in [2.05, 4.69) is 20.6 Å². The zero-order valence-electron chi connectivity index (χ0n) is 16.2. The highest BCUT2D eigenvalue weighted by Gasteiger charge is 2.11. The summed E-state index contributed by atoms with van der Waals surface area (Å²) in [5, 5.41) is 5.77.